The van der Waals surface area contributed by atoms with Crippen LogP contribution in [0.5, 0.6) is 0 Å². The Bertz CT molecular complexity index is 360. The van der Waals surface area contributed by atoms with Crippen molar-refractivity contribution in [1.29, 1.82) is 0 Å². The molecule has 0 aliphatic carbocycles. The third-order valence-corrected chi connectivity index (χ3v) is 3.57. The van der Waals surface area contributed by atoms with Crippen molar-refractivity contribution in [1.82, 2.24) is 0 Å². The number of nitrogens with one attached hydrogen (secondary N) is 1. The highest BCUT2D eigenvalue weighted by Gasteiger charge is 2.25. The second kappa shape index (κ2) is 3.76. The molecule has 0 aromatic heterocycles. The van der Waals surface area contributed by atoms with Crippen LogP contribution in [0.1, 0.15) is 26.3 Å². The lowest BCUT2D eigenvalue weighted by atomic mass is 10.0. The van der Waals surface area contributed by atoms with Crippen LogP contribution in [0.15, 0.2) is 18.2 Å². The number of anilines is 2. The van der Waals surface area contributed by atoms with E-state index in [0.29, 0.717) is 12.1 Å². The highest BCUT2D eigenvalue weighted by atomic mass is 15.2. The smallest absolute Gasteiger partial charge is 0.0602 e. The second-order valence-corrected chi connectivity index (χ2v) is 4.49. The van der Waals surface area contributed by atoms with Crippen LogP contribution in [0.2, 0.25) is 0 Å². The average Bonchev–Trinajstić information content (AvgIpc) is 2.25. The lowest BCUT2D eigenvalue weighted by Gasteiger charge is -2.39. The molecule has 0 amide bonds. The molecule has 2 rings (SSSR count). The average molecular weight is 204 g/mol. The largest absolute Gasteiger partial charge is 0.379 e. The van der Waals surface area contributed by atoms with Crippen molar-refractivity contribution in [2.75, 3.05) is 17.3 Å². The number of fused-ring (bicyclic) bond motifs is 1. The molecule has 1 aromatic rings. The van der Waals surface area contributed by atoms with Crippen molar-refractivity contribution in [3.05, 3.63) is 23.8 Å². The molecule has 2 nitrogen and oxygen atoms in total. The number of hydrogen-bond donors (Lipinski definition) is 1. The molecule has 0 saturated heterocycles. The summed E-state index contributed by atoms with van der Waals surface area (Å²) in [5, 5.41) is 3.57. The van der Waals surface area contributed by atoms with Crippen molar-refractivity contribution >= 4 is 11.4 Å². The Kier molecular flexibility index (Phi) is 2.59. The van der Waals surface area contributed by atoms with E-state index in [-0.39, 0.29) is 0 Å². The molecule has 0 saturated carbocycles. The molecule has 0 fully saturated rings. The number of hydrogen-bond acceptors (Lipinski definition) is 2. The molecule has 82 valence electrons. The van der Waals surface area contributed by atoms with Crippen molar-refractivity contribution < 1.29 is 0 Å². The van der Waals surface area contributed by atoms with Crippen LogP contribution >= 0.6 is 0 Å². The molecule has 0 radical (unpaired) electrons. The Morgan fingerprint density at radius 3 is 2.73 bits per heavy atom. The van der Waals surface area contributed by atoms with Gasteiger partial charge in [-0.25, -0.2) is 0 Å². The van der Waals surface area contributed by atoms with Gasteiger partial charge in [0.1, 0.15) is 0 Å². The first-order chi connectivity index (χ1) is 7.13. The summed E-state index contributed by atoms with van der Waals surface area (Å²) in [6.07, 6.45) is 1.10. The van der Waals surface area contributed by atoms with E-state index in [2.05, 4.69) is 56.2 Å². The van der Waals surface area contributed by atoms with Gasteiger partial charge in [0.2, 0.25) is 0 Å². The van der Waals surface area contributed by atoms with Gasteiger partial charge in [-0.3, -0.25) is 0 Å². The summed E-state index contributed by atoms with van der Waals surface area (Å²) in [5.74, 6) is 0. The van der Waals surface area contributed by atoms with Gasteiger partial charge in [-0.05, 0) is 38.0 Å². The fraction of sp³-hybridized carbons (Fsp3) is 0.538. The molecule has 2 unspecified atom stereocenters. The first kappa shape index (κ1) is 10.3. The maximum absolute atomic E-state index is 3.57. The lowest BCUT2D eigenvalue weighted by molar-refractivity contribution is 0.587. The van der Waals surface area contributed by atoms with E-state index in [9.17, 15) is 0 Å². The van der Waals surface area contributed by atoms with Gasteiger partial charge < -0.3 is 10.2 Å². The maximum atomic E-state index is 3.57. The van der Waals surface area contributed by atoms with Crippen LogP contribution in [0.3, 0.4) is 0 Å². The van der Waals surface area contributed by atoms with Crippen LogP contribution in [0.4, 0.5) is 11.4 Å². The van der Waals surface area contributed by atoms with Crippen molar-refractivity contribution in [2.45, 2.75) is 39.3 Å². The monoisotopic (exact) mass is 204 g/mol. The Hall–Kier alpha value is -1.18. The van der Waals surface area contributed by atoms with E-state index in [4.69, 9.17) is 0 Å². The molecule has 1 aliphatic rings. The van der Waals surface area contributed by atoms with Gasteiger partial charge in [-0.2, -0.15) is 0 Å². The summed E-state index contributed by atoms with van der Waals surface area (Å²) >= 11 is 0. The number of likely N-dealkylation sites (N-methyl/N-ethyl adjacent to an activating group) is 1. The molecule has 0 spiro atoms. The van der Waals surface area contributed by atoms with Crippen molar-refractivity contribution in [2.24, 2.45) is 0 Å². The molecular weight excluding hydrogens is 184 g/mol. The fourth-order valence-corrected chi connectivity index (χ4v) is 2.15. The topological polar surface area (TPSA) is 15.3 Å². The molecule has 0 bridgehead atoms. The quantitative estimate of drug-likeness (QED) is 0.756. The summed E-state index contributed by atoms with van der Waals surface area (Å²) in [4.78, 5) is 2.36. The zero-order valence-electron chi connectivity index (χ0n) is 10.0. The Morgan fingerprint density at radius 1 is 1.33 bits per heavy atom. The predicted octanol–water partition coefficient (Wildman–Crippen LogP) is 2.89. The van der Waals surface area contributed by atoms with E-state index in [1.54, 1.807) is 0 Å². The van der Waals surface area contributed by atoms with Gasteiger partial charge >= 0.3 is 0 Å². The zero-order valence-corrected chi connectivity index (χ0v) is 10.0. The molecule has 2 heteroatoms. The first-order valence-electron chi connectivity index (χ1n) is 5.75. The van der Waals surface area contributed by atoms with Gasteiger partial charge in [-0.1, -0.05) is 13.0 Å². The number of benzene rings is 1. The molecule has 1 heterocycles. The SMILES string of the molecule is CCc1ccc2c(c1)NC(C)C(C)N2C. The van der Waals surface area contributed by atoms with Crippen molar-refractivity contribution in [3.8, 4) is 0 Å². The summed E-state index contributed by atoms with van der Waals surface area (Å²) in [5.41, 5.74) is 4.00. The lowest BCUT2D eigenvalue weighted by Crippen LogP contribution is -2.45. The summed E-state index contributed by atoms with van der Waals surface area (Å²) in [6, 6.07) is 7.77. The zero-order chi connectivity index (χ0) is 11.0. The van der Waals surface area contributed by atoms with Gasteiger partial charge in [0.25, 0.3) is 0 Å². The van der Waals surface area contributed by atoms with E-state index in [1.807, 2.05) is 0 Å². The fourth-order valence-electron chi connectivity index (χ4n) is 2.15. The van der Waals surface area contributed by atoms with Crippen LogP contribution in [-0.2, 0) is 6.42 Å². The molecule has 15 heavy (non-hydrogen) atoms. The second-order valence-electron chi connectivity index (χ2n) is 4.49. The van der Waals surface area contributed by atoms with Crippen LogP contribution in [0.25, 0.3) is 0 Å². The first-order valence-corrected chi connectivity index (χ1v) is 5.75. The summed E-state index contributed by atoms with van der Waals surface area (Å²) in [7, 11) is 2.17. The summed E-state index contributed by atoms with van der Waals surface area (Å²) < 4.78 is 0. The predicted molar refractivity (Wildman–Crippen MR) is 66.8 cm³/mol. The van der Waals surface area contributed by atoms with Gasteiger partial charge in [0, 0.05) is 19.1 Å². The molecule has 1 N–H and O–H groups in total. The van der Waals surface area contributed by atoms with Crippen LogP contribution < -0.4 is 10.2 Å². The minimum Gasteiger partial charge on any atom is -0.379 e. The normalized spacial score (nSPS) is 24.7. The Labute approximate surface area is 92.3 Å². The minimum absolute atomic E-state index is 0.509. The van der Waals surface area contributed by atoms with Crippen molar-refractivity contribution in [3.63, 3.8) is 0 Å². The van der Waals surface area contributed by atoms with Crippen LogP contribution in [0, 0.1) is 0 Å². The van der Waals surface area contributed by atoms with E-state index < -0.39 is 0 Å². The molecule has 2 atom stereocenters. The number of rotatable bonds is 1. The number of aryl methyl sites for hydroxylation is 1. The van der Waals surface area contributed by atoms with Gasteiger partial charge in [0.15, 0.2) is 0 Å². The van der Waals surface area contributed by atoms with E-state index >= 15 is 0 Å². The third kappa shape index (κ3) is 1.69. The maximum Gasteiger partial charge on any atom is 0.0602 e. The van der Waals surface area contributed by atoms with Gasteiger partial charge in [0.05, 0.1) is 11.4 Å². The molecule has 1 aliphatic heterocycles. The molecule has 1 aromatic carbocycles. The standard InChI is InChI=1S/C13H20N2/c1-5-11-6-7-13-12(8-11)14-9(2)10(3)15(13)4/h6-10,14H,5H2,1-4H3. The summed E-state index contributed by atoms with van der Waals surface area (Å²) in [6.45, 7) is 6.69. The molecular formula is C13H20N2. The Balaban J connectivity index is 2.41. The van der Waals surface area contributed by atoms with E-state index in [0.717, 1.165) is 6.42 Å². The van der Waals surface area contributed by atoms with E-state index in [1.165, 1.54) is 16.9 Å². The van der Waals surface area contributed by atoms with Gasteiger partial charge in [-0.15, -0.1) is 0 Å². The minimum atomic E-state index is 0.509. The van der Waals surface area contributed by atoms with Crippen LogP contribution in [-0.4, -0.2) is 19.1 Å². The Morgan fingerprint density at radius 2 is 2.07 bits per heavy atom. The highest BCUT2D eigenvalue weighted by molar-refractivity contribution is 5.73. The number of nitrogens with zero attached hydrogens (tertiary/aromatic N) is 1. The third-order valence-electron chi connectivity index (χ3n) is 3.57. The highest BCUT2D eigenvalue weighted by Crippen LogP contribution is 2.33.